The molecule has 0 aromatic heterocycles. The van der Waals surface area contributed by atoms with Gasteiger partial charge in [-0.15, -0.1) is 0 Å². The summed E-state index contributed by atoms with van der Waals surface area (Å²) in [7, 11) is 0. The average molecular weight is 334 g/mol. The molecule has 2 aromatic carbocycles. The first-order valence-electron chi connectivity index (χ1n) is 6.36. The zero-order chi connectivity index (χ0) is 14.7. The van der Waals surface area contributed by atoms with E-state index in [0.717, 1.165) is 15.8 Å². The van der Waals surface area contributed by atoms with Crippen LogP contribution in [0.4, 0.5) is 5.69 Å². The predicted molar refractivity (Wildman–Crippen MR) is 84.3 cm³/mol. The number of ketones is 1. The van der Waals surface area contributed by atoms with Gasteiger partial charge in [0.2, 0.25) is 0 Å². The molecule has 4 heteroatoms. The topological polar surface area (TPSA) is 52.3 Å². The lowest BCUT2D eigenvalue weighted by Crippen LogP contribution is -2.08. The van der Waals surface area contributed by atoms with Crippen molar-refractivity contribution in [3.8, 4) is 5.75 Å². The highest BCUT2D eigenvalue weighted by Gasteiger charge is 2.16. The molecular weight excluding hydrogens is 318 g/mol. The van der Waals surface area contributed by atoms with Crippen LogP contribution in [0, 0.1) is 6.92 Å². The van der Waals surface area contributed by atoms with E-state index in [1.54, 1.807) is 24.3 Å². The lowest BCUT2D eigenvalue weighted by atomic mass is 9.97. The van der Waals surface area contributed by atoms with E-state index < -0.39 is 0 Å². The second-order valence-electron chi connectivity index (χ2n) is 4.45. The van der Waals surface area contributed by atoms with Crippen LogP contribution in [0.2, 0.25) is 0 Å². The Morgan fingerprint density at radius 1 is 1.30 bits per heavy atom. The van der Waals surface area contributed by atoms with Crippen molar-refractivity contribution < 1.29 is 9.53 Å². The van der Waals surface area contributed by atoms with Gasteiger partial charge < -0.3 is 10.5 Å². The van der Waals surface area contributed by atoms with Crippen LogP contribution in [-0.4, -0.2) is 12.4 Å². The first kappa shape index (κ1) is 14.6. The van der Waals surface area contributed by atoms with Crippen LogP contribution >= 0.6 is 15.9 Å². The molecule has 2 N–H and O–H groups in total. The van der Waals surface area contributed by atoms with Gasteiger partial charge in [-0.2, -0.15) is 0 Å². The summed E-state index contributed by atoms with van der Waals surface area (Å²) in [6, 6.07) is 10.8. The van der Waals surface area contributed by atoms with Crippen molar-refractivity contribution >= 4 is 27.4 Å². The Morgan fingerprint density at radius 2 is 2.05 bits per heavy atom. The first-order valence-corrected chi connectivity index (χ1v) is 7.16. The largest absolute Gasteiger partial charge is 0.493 e. The molecule has 0 saturated heterocycles. The number of nitrogens with two attached hydrogens (primary N) is 1. The van der Waals surface area contributed by atoms with Gasteiger partial charge in [0, 0.05) is 16.8 Å². The third-order valence-corrected chi connectivity index (χ3v) is 3.65. The molecule has 0 aliphatic heterocycles. The minimum atomic E-state index is -0.0793. The summed E-state index contributed by atoms with van der Waals surface area (Å²) in [4.78, 5) is 12.6. The molecule has 0 fully saturated rings. The SMILES string of the molecule is CCOc1ccc(C(=O)c2c(C)cccc2N)cc1Br. The molecule has 2 rings (SSSR count). The number of anilines is 1. The van der Waals surface area contributed by atoms with Crippen molar-refractivity contribution in [3.05, 3.63) is 57.6 Å². The van der Waals surface area contributed by atoms with Crippen LogP contribution in [0.1, 0.15) is 28.4 Å². The molecule has 0 spiro atoms. The van der Waals surface area contributed by atoms with Crippen molar-refractivity contribution in [3.63, 3.8) is 0 Å². The molecule has 0 bridgehead atoms. The van der Waals surface area contributed by atoms with Gasteiger partial charge in [0.15, 0.2) is 5.78 Å². The summed E-state index contributed by atoms with van der Waals surface area (Å²) < 4.78 is 6.20. The fraction of sp³-hybridized carbons (Fsp3) is 0.188. The zero-order valence-electron chi connectivity index (χ0n) is 11.4. The normalized spacial score (nSPS) is 10.3. The van der Waals surface area contributed by atoms with E-state index in [1.165, 1.54) is 0 Å². The van der Waals surface area contributed by atoms with Crippen molar-refractivity contribution in [2.45, 2.75) is 13.8 Å². The van der Waals surface area contributed by atoms with Gasteiger partial charge in [-0.05, 0) is 59.6 Å². The number of rotatable bonds is 4. The van der Waals surface area contributed by atoms with E-state index in [2.05, 4.69) is 15.9 Å². The van der Waals surface area contributed by atoms with Gasteiger partial charge >= 0.3 is 0 Å². The maximum absolute atomic E-state index is 12.6. The fourth-order valence-corrected chi connectivity index (χ4v) is 2.55. The first-order chi connectivity index (χ1) is 9.54. The van der Waals surface area contributed by atoms with Crippen LogP contribution in [-0.2, 0) is 0 Å². The van der Waals surface area contributed by atoms with Gasteiger partial charge in [-0.25, -0.2) is 0 Å². The summed E-state index contributed by atoms with van der Waals surface area (Å²) in [5.41, 5.74) is 8.44. The monoisotopic (exact) mass is 333 g/mol. The maximum Gasteiger partial charge on any atom is 0.195 e. The molecule has 0 saturated carbocycles. The molecule has 2 aromatic rings. The standard InChI is InChI=1S/C16H16BrNO2/c1-3-20-14-8-7-11(9-12(14)17)16(19)15-10(2)5-4-6-13(15)18/h4-9H,3,18H2,1-2H3. The van der Waals surface area contributed by atoms with E-state index in [1.807, 2.05) is 26.0 Å². The van der Waals surface area contributed by atoms with Crippen LogP contribution in [0.5, 0.6) is 5.75 Å². The van der Waals surface area contributed by atoms with Gasteiger partial charge in [0.05, 0.1) is 11.1 Å². The number of hydrogen-bond acceptors (Lipinski definition) is 3. The lowest BCUT2D eigenvalue weighted by molar-refractivity contribution is 0.103. The molecule has 20 heavy (non-hydrogen) atoms. The molecule has 0 heterocycles. The molecule has 0 radical (unpaired) electrons. The molecular formula is C16H16BrNO2. The Kier molecular flexibility index (Phi) is 4.45. The Hall–Kier alpha value is -1.81. The number of halogens is 1. The Morgan fingerprint density at radius 3 is 2.65 bits per heavy atom. The Labute approximate surface area is 126 Å². The van der Waals surface area contributed by atoms with Crippen LogP contribution in [0.25, 0.3) is 0 Å². The quantitative estimate of drug-likeness (QED) is 0.680. The second-order valence-corrected chi connectivity index (χ2v) is 5.30. The molecule has 104 valence electrons. The highest BCUT2D eigenvalue weighted by molar-refractivity contribution is 9.10. The molecule has 0 unspecified atom stereocenters. The predicted octanol–water partition coefficient (Wildman–Crippen LogP) is 3.97. The van der Waals surface area contributed by atoms with Crippen molar-refractivity contribution in [1.82, 2.24) is 0 Å². The third-order valence-electron chi connectivity index (χ3n) is 3.03. The van der Waals surface area contributed by atoms with Crippen molar-refractivity contribution in [2.75, 3.05) is 12.3 Å². The number of carbonyl (C=O) groups excluding carboxylic acids is 1. The number of carbonyl (C=O) groups is 1. The van der Waals surface area contributed by atoms with Crippen LogP contribution in [0.3, 0.4) is 0 Å². The molecule has 3 nitrogen and oxygen atoms in total. The van der Waals surface area contributed by atoms with Gasteiger partial charge in [0.1, 0.15) is 5.75 Å². The van der Waals surface area contributed by atoms with Crippen molar-refractivity contribution in [1.29, 1.82) is 0 Å². The smallest absolute Gasteiger partial charge is 0.195 e. The number of aryl methyl sites for hydroxylation is 1. The fourth-order valence-electron chi connectivity index (χ4n) is 2.06. The van der Waals surface area contributed by atoms with Crippen LogP contribution < -0.4 is 10.5 Å². The molecule has 0 amide bonds. The Bertz CT molecular complexity index is 633. The summed E-state index contributed by atoms with van der Waals surface area (Å²) in [5, 5.41) is 0. The minimum Gasteiger partial charge on any atom is -0.493 e. The third kappa shape index (κ3) is 2.85. The van der Waals surface area contributed by atoms with E-state index in [0.29, 0.717) is 23.4 Å². The van der Waals surface area contributed by atoms with Crippen LogP contribution in [0.15, 0.2) is 40.9 Å². The van der Waals surface area contributed by atoms with E-state index in [-0.39, 0.29) is 5.78 Å². The minimum absolute atomic E-state index is 0.0793. The number of nitrogen functional groups attached to an aromatic ring is 1. The van der Waals surface area contributed by atoms with Gasteiger partial charge in [0.25, 0.3) is 0 Å². The van der Waals surface area contributed by atoms with Gasteiger partial charge in [-0.1, -0.05) is 12.1 Å². The summed E-state index contributed by atoms with van der Waals surface area (Å²) in [6.45, 7) is 4.38. The molecule has 0 atom stereocenters. The second kappa shape index (κ2) is 6.09. The number of hydrogen-bond donors (Lipinski definition) is 1. The highest BCUT2D eigenvalue weighted by atomic mass is 79.9. The van der Waals surface area contributed by atoms with E-state index >= 15 is 0 Å². The van der Waals surface area contributed by atoms with Gasteiger partial charge in [-0.3, -0.25) is 4.79 Å². The average Bonchev–Trinajstić information content (AvgIpc) is 2.41. The molecule has 0 aliphatic carbocycles. The highest BCUT2D eigenvalue weighted by Crippen LogP contribution is 2.28. The maximum atomic E-state index is 12.6. The zero-order valence-corrected chi connectivity index (χ0v) is 13.0. The number of ether oxygens (including phenoxy) is 1. The molecule has 0 aliphatic rings. The van der Waals surface area contributed by atoms with E-state index in [9.17, 15) is 4.79 Å². The Balaban J connectivity index is 2.41. The summed E-state index contributed by atoms with van der Waals surface area (Å²) in [5.74, 6) is 0.645. The van der Waals surface area contributed by atoms with Crippen molar-refractivity contribution in [2.24, 2.45) is 0 Å². The summed E-state index contributed by atoms with van der Waals surface area (Å²) >= 11 is 3.42. The number of benzene rings is 2. The summed E-state index contributed by atoms with van der Waals surface area (Å²) in [6.07, 6.45) is 0. The lowest BCUT2D eigenvalue weighted by Gasteiger charge is -2.10. The van der Waals surface area contributed by atoms with E-state index in [4.69, 9.17) is 10.5 Å².